The van der Waals surface area contributed by atoms with Crippen molar-refractivity contribution in [3.8, 4) is 0 Å². The molecule has 2 atom stereocenters. The van der Waals surface area contributed by atoms with Crippen molar-refractivity contribution in [3.63, 3.8) is 0 Å². The van der Waals surface area contributed by atoms with E-state index in [2.05, 4.69) is 135 Å². The van der Waals surface area contributed by atoms with Crippen LogP contribution in [0.3, 0.4) is 0 Å². The van der Waals surface area contributed by atoms with Crippen LogP contribution >= 0.6 is 0 Å². The van der Waals surface area contributed by atoms with Gasteiger partial charge in [-0.2, -0.15) is 0 Å². The average Bonchev–Trinajstić information content (AvgIpc) is 3.10. The number of allylic oxidation sites excluding steroid dienone is 9. The summed E-state index contributed by atoms with van der Waals surface area (Å²) in [6, 6.07) is 18.0. The standard InChI is InChI=1S/C36H44/c1-11-18-27(13-3)36(28-20-16-15-17-21-28)31(14-4)29(19-12-2)30-23-22-26(24-32(30)36)33(35(8,9)10)25-34(5,6)7/h11-24,33H,1,3-4,25H2,2,5-10H3/b19-12-,27-18+. The highest BCUT2D eigenvalue weighted by atomic mass is 14.5. The van der Waals surface area contributed by atoms with Gasteiger partial charge in [0.25, 0.3) is 0 Å². The van der Waals surface area contributed by atoms with E-state index in [4.69, 9.17) is 0 Å². The van der Waals surface area contributed by atoms with Gasteiger partial charge in [-0.15, -0.1) is 0 Å². The lowest BCUT2D eigenvalue weighted by atomic mass is 9.64. The summed E-state index contributed by atoms with van der Waals surface area (Å²) >= 11 is 0. The molecule has 0 amide bonds. The van der Waals surface area contributed by atoms with Crippen LogP contribution in [0.2, 0.25) is 0 Å². The van der Waals surface area contributed by atoms with Crippen LogP contribution in [0.4, 0.5) is 0 Å². The summed E-state index contributed by atoms with van der Waals surface area (Å²) in [6.07, 6.45) is 13.5. The summed E-state index contributed by atoms with van der Waals surface area (Å²) in [5, 5.41) is 0. The molecule has 2 aromatic carbocycles. The predicted molar refractivity (Wildman–Crippen MR) is 160 cm³/mol. The molecule has 2 aromatic rings. The highest BCUT2D eigenvalue weighted by Crippen LogP contribution is 2.57. The van der Waals surface area contributed by atoms with Gasteiger partial charge in [0.2, 0.25) is 0 Å². The van der Waals surface area contributed by atoms with Crippen molar-refractivity contribution in [2.45, 2.75) is 66.2 Å². The van der Waals surface area contributed by atoms with Crippen LogP contribution in [0, 0.1) is 10.8 Å². The summed E-state index contributed by atoms with van der Waals surface area (Å²) in [5.74, 6) is 0.421. The first-order chi connectivity index (χ1) is 16.9. The molecule has 0 bridgehead atoms. The van der Waals surface area contributed by atoms with Gasteiger partial charge in [0.05, 0.1) is 5.41 Å². The highest BCUT2D eigenvalue weighted by molar-refractivity contribution is 5.92. The van der Waals surface area contributed by atoms with E-state index in [-0.39, 0.29) is 10.8 Å². The molecule has 0 heteroatoms. The van der Waals surface area contributed by atoms with Gasteiger partial charge in [-0.05, 0) is 69.1 Å². The number of hydrogen-bond donors (Lipinski definition) is 0. The summed E-state index contributed by atoms with van der Waals surface area (Å²) in [4.78, 5) is 0. The molecule has 0 heterocycles. The molecule has 36 heavy (non-hydrogen) atoms. The molecular formula is C36H44. The van der Waals surface area contributed by atoms with Gasteiger partial charge in [0.1, 0.15) is 0 Å². The molecule has 1 aliphatic rings. The SMILES string of the molecule is C=C/C=C(\C=C)C1(c2ccccc2)C(C=C)=C(/C=C\C)c2ccc(C(CC(C)(C)C)C(C)(C)C)cc21. The van der Waals surface area contributed by atoms with E-state index in [1.165, 1.54) is 33.4 Å². The van der Waals surface area contributed by atoms with Crippen molar-refractivity contribution < 1.29 is 0 Å². The van der Waals surface area contributed by atoms with Crippen LogP contribution < -0.4 is 0 Å². The third-order valence-electron chi connectivity index (χ3n) is 7.39. The molecule has 0 nitrogen and oxygen atoms in total. The van der Waals surface area contributed by atoms with Gasteiger partial charge < -0.3 is 0 Å². The largest absolute Gasteiger partial charge is 0.0991 e. The van der Waals surface area contributed by atoms with Crippen molar-refractivity contribution in [2.75, 3.05) is 0 Å². The van der Waals surface area contributed by atoms with E-state index in [0.717, 1.165) is 12.0 Å². The zero-order chi connectivity index (χ0) is 26.7. The molecule has 0 aliphatic heterocycles. The Hall–Kier alpha value is -3.12. The van der Waals surface area contributed by atoms with Crippen molar-refractivity contribution in [1.82, 2.24) is 0 Å². The second-order valence-electron chi connectivity index (χ2n) is 12.2. The van der Waals surface area contributed by atoms with Gasteiger partial charge in [-0.3, -0.25) is 0 Å². The maximum absolute atomic E-state index is 4.32. The minimum Gasteiger partial charge on any atom is -0.0991 e. The van der Waals surface area contributed by atoms with Crippen molar-refractivity contribution in [1.29, 1.82) is 0 Å². The highest BCUT2D eigenvalue weighted by Gasteiger charge is 2.47. The van der Waals surface area contributed by atoms with Crippen LogP contribution in [0.15, 0.2) is 116 Å². The normalized spacial score (nSPS) is 19.4. The summed E-state index contributed by atoms with van der Waals surface area (Å²) in [7, 11) is 0. The monoisotopic (exact) mass is 476 g/mol. The minimum atomic E-state index is -0.511. The maximum atomic E-state index is 4.32. The molecule has 188 valence electrons. The topological polar surface area (TPSA) is 0 Å². The quantitative estimate of drug-likeness (QED) is 0.332. The molecule has 0 saturated carbocycles. The Balaban J connectivity index is 2.50. The van der Waals surface area contributed by atoms with Gasteiger partial charge >= 0.3 is 0 Å². The average molecular weight is 477 g/mol. The van der Waals surface area contributed by atoms with E-state index in [1.807, 2.05) is 18.2 Å². The summed E-state index contributed by atoms with van der Waals surface area (Å²) in [5.41, 5.74) is 8.53. The Labute approximate surface area is 220 Å². The molecular weight excluding hydrogens is 432 g/mol. The van der Waals surface area contributed by atoms with Crippen LogP contribution in [-0.4, -0.2) is 0 Å². The lowest BCUT2D eigenvalue weighted by Crippen LogP contribution is -2.30. The molecule has 0 radical (unpaired) electrons. The van der Waals surface area contributed by atoms with Crippen LogP contribution in [-0.2, 0) is 5.41 Å². The third-order valence-corrected chi connectivity index (χ3v) is 7.39. The van der Waals surface area contributed by atoms with E-state index in [9.17, 15) is 0 Å². The fraction of sp³-hybridized carbons (Fsp3) is 0.333. The fourth-order valence-corrected chi connectivity index (χ4v) is 5.91. The second kappa shape index (κ2) is 10.5. The first-order valence-corrected chi connectivity index (χ1v) is 13.1. The van der Waals surface area contributed by atoms with Crippen LogP contribution in [0.5, 0.6) is 0 Å². The van der Waals surface area contributed by atoms with Gasteiger partial charge in [-0.25, -0.2) is 0 Å². The van der Waals surface area contributed by atoms with E-state index in [0.29, 0.717) is 5.92 Å². The molecule has 0 spiro atoms. The minimum absolute atomic E-state index is 0.134. The molecule has 0 aromatic heterocycles. The Kier molecular flexibility index (Phi) is 7.99. The molecule has 0 N–H and O–H groups in total. The van der Waals surface area contributed by atoms with Crippen molar-refractivity contribution in [3.05, 3.63) is 138 Å². The lowest BCUT2D eigenvalue weighted by molar-refractivity contribution is 0.229. The summed E-state index contributed by atoms with van der Waals surface area (Å²) in [6.45, 7) is 28.8. The van der Waals surface area contributed by atoms with Gasteiger partial charge in [-0.1, -0.05) is 146 Å². The van der Waals surface area contributed by atoms with Crippen molar-refractivity contribution >= 4 is 5.57 Å². The molecule has 2 unspecified atom stereocenters. The lowest BCUT2D eigenvalue weighted by Gasteiger charge is -2.38. The molecule has 0 fully saturated rings. The Morgan fingerprint density at radius 2 is 1.61 bits per heavy atom. The van der Waals surface area contributed by atoms with Crippen LogP contribution in [0.25, 0.3) is 5.57 Å². The van der Waals surface area contributed by atoms with Crippen molar-refractivity contribution in [2.24, 2.45) is 10.8 Å². The number of fused-ring (bicyclic) bond motifs is 1. The van der Waals surface area contributed by atoms with E-state index in [1.54, 1.807) is 0 Å². The third kappa shape index (κ3) is 4.92. The number of benzene rings is 2. The first kappa shape index (κ1) is 27.5. The number of rotatable bonds is 8. The second-order valence-corrected chi connectivity index (χ2v) is 12.2. The zero-order valence-electron chi connectivity index (χ0n) is 23.5. The fourth-order valence-electron chi connectivity index (χ4n) is 5.91. The van der Waals surface area contributed by atoms with E-state index >= 15 is 0 Å². The van der Waals surface area contributed by atoms with Gasteiger partial charge in [0.15, 0.2) is 0 Å². The number of hydrogen-bond acceptors (Lipinski definition) is 0. The molecule has 0 saturated heterocycles. The first-order valence-electron chi connectivity index (χ1n) is 13.1. The molecule has 3 rings (SSSR count). The smallest absolute Gasteiger partial charge is 0.0713 e. The summed E-state index contributed by atoms with van der Waals surface area (Å²) < 4.78 is 0. The molecule has 1 aliphatic carbocycles. The Morgan fingerprint density at radius 3 is 2.11 bits per heavy atom. The van der Waals surface area contributed by atoms with Gasteiger partial charge in [0, 0.05) is 0 Å². The van der Waals surface area contributed by atoms with Crippen LogP contribution in [0.1, 0.15) is 83.1 Å². The zero-order valence-corrected chi connectivity index (χ0v) is 23.5. The maximum Gasteiger partial charge on any atom is 0.0713 e. The predicted octanol–water partition coefficient (Wildman–Crippen LogP) is 10.4. The Morgan fingerprint density at radius 1 is 0.944 bits per heavy atom. The Bertz CT molecular complexity index is 1220. The van der Waals surface area contributed by atoms with E-state index < -0.39 is 5.41 Å².